The largest absolute Gasteiger partial charge is 0.353 e. The Morgan fingerprint density at radius 2 is 1.74 bits per heavy atom. The summed E-state index contributed by atoms with van der Waals surface area (Å²) in [5, 5.41) is 12.1. The van der Waals surface area contributed by atoms with Crippen LogP contribution in [0.4, 0.5) is 17.3 Å². The summed E-state index contributed by atoms with van der Waals surface area (Å²) in [6.45, 7) is 3.56. The highest BCUT2D eigenvalue weighted by atomic mass is 16.6. The predicted molar refractivity (Wildman–Crippen MR) is 123 cm³/mol. The fourth-order valence-electron chi connectivity index (χ4n) is 4.86. The number of likely N-dealkylation sites (tertiary alicyclic amines) is 1. The van der Waals surface area contributed by atoms with Crippen LogP contribution >= 0.6 is 0 Å². The van der Waals surface area contributed by atoms with Crippen molar-refractivity contribution in [2.75, 3.05) is 50.1 Å². The minimum atomic E-state index is -0.299. The molecule has 2 fully saturated rings. The van der Waals surface area contributed by atoms with Gasteiger partial charge in [0.15, 0.2) is 0 Å². The van der Waals surface area contributed by atoms with E-state index in [0.29, 0.717) is 17.6 Å². The Hall–Kier alpha value is -2.74. The summed E-state index contributed by atoms with van der Waals surface area (Å²) in [6.07, 6.45) is 6.53. The molecule has 0 atom stereocenters. The molecule has 0 bridgehead atoms. The van der Waals surface area contributed by atoms with Gasteiger partial charge in [0.1, 0.15) is 6.33 Å². The zero-order valence-corrected chi connectivity index (χ0v) is 18.5. The molecule has 0 spiro atoms. The first-order valence-electron chi connectivity index (χ1n) is 11.2. The Labute approximate surface area is 184 Å². The Kier molecular flexibility index (Phi) is 6.65. The molecule has 0 N–H and O–H groups in total. The fourth-order valence-corrected chi connectivity index (χ4v) is 4.86. The molecule has 8 heteroatoms. The molecule has 2 saturated heterocycles. The van der Waals surface area contributed by atoms with Crippen LogP contribution in [0.5, 0.6) is 0 Å². The highest BCUT2D eigenvalue weighted by Gasteiger charge is 2.33. The van der Waals surface area contributed by atoms with E-state index in [1.807, 2.05) is 18.0 Å². The minimum absolute atomic E-state index is 0.0467. The van der Waals surface area contributed by atoms with Gasteiger partial charge in [0.2, 0.25) is 11.6 Å². The standard InChI is InChI=1S/C23H32N6O2/c1-26-12-10-20(11-13-26)27(2)22-21(29(30)31)23(25-17-24-22)28-14-8-19(9-15-28)16-18-6-4-3-5-7-18/h3-7,17,19-20H,8-16H2,1-2H3. The molecule has 0 unspecified atom stereocenters. The van der Waals surface area contributed by atoms with Crippen molar-refractivity contribution in [1.82, 2.24) is 14.9 Å². The normalized spacial score (nSPS) is 18.8. The summed E-state index contributed by atoms with van der Waals surface area (Å²) >= 11 is 0. The molecule has 4 rings (SSSR count). The van der Waals surface area contributed by atoms with Crippen LogP contribution in [0.2, 0.25) is 0 Å². The molecule has 0 radical (unpaired) electrons. The molecule has 0 amide bonds. The van der Waals surface area contributed by atoms with Crippen LogP contribution in [0.1, 0.15) is 31.2 Å². The summed E-state index contributed by atoms with van der Waals surface area (Å²) in [6, 6.07) is 10.8. The number of hydrogen-bond acceptors (Lipinski definition) is 7. The van der Waals surface area contributed by atoms with Crippen molar-refractivity contribution in [3.63, 3.8) is 0 Å². The topological polar surface area (TPSA) is 78.6 Å². The van der Waals surface area contributed by atoms with E-state index in [2.05, 4.69) is 51.1 Å². The van der Waals surface area contributed by atoms with Crippen LogP contribution in [0.25, 0.3) is 0 Å². The predicted octanol–water partition coefficient (Wildman–Crippen LogP) is 3.37. The Morgan fingerprint density at radius 1 is 1.06 bits per heavy atom. The second-order valence-electron chi connectivity index (χ2n) is 8.89. The molecule has 1 aromatic heterocycles. The van der Waals surface area contributed by atoms with E-state index in [0.717, 1.165) is 58.3 Å². The van der Waals surface area contributed by atoms with E-state index in [-0.39, 0.29) is 16.7 Å². The third-order valence-corrected chi connectivity index (χ3v) is 6.82. The number of nitro groups is 1. The van der Waals surface area contributed by atoms with Gasteiger partial charge in [-0.3, -0.25) is 10.1 Å². The van der Waals surface area contributed by atoms with Crippen LogP contribution in [0, 0.1) is 16.0 Å². The van der Waals surface area contributed by atoms with Crippen LogP contribution in [0.3, 0.4) is 0 Å². The zero-order valence-electron chi connectivity index (χ0n) is 18.5. The number of piperidine rings is 2. The van der Waals surface area contributed by atoms with Crippen molar-refractivity contribution in [1.29, 1.82) is 0 Å². The second kappa shape index (κ2) is 9.60. The van der Waals surface area contributed by atoms with E-state index >= 15 is 0 Å². The molecule has 2 aliphatic rings. The lowest BCUT2D eigenvalue weighted by Gasteiger charge is -2.36. The van der Waals surface area contributed by atoms with E-state index in [4.69, 9.17) is 0 Å². The van der Waals surface area contributed by atoms with Gasteiger partial charge in [-0.05, 0) is 63.7 Å². The molecule has 2 aliphatic heterocycles. The third-order valence-electron chi connectivity index (χ3n) is 6.82. The molecule has 8 nitrogen and oxygen atoms in total. The number of rotatable bonds is 6. The van der Waals surface area contributed by atoms with Gasteiger partial charge in [-0.2, -0.15) is 0 Å². The lowest BCUT2D eigenvalue weighted by Crippen LogP contribution is -2.42. The van der Waals surface area contributed by atoms with Crippen molar-refractivity contribution in [3.8, 4) is 0 Å². The molecular formula is C23H32N6O2. The van der Waals surface area contributed by atoms with Crippen LogP contribution in [-0.4, -0.2) is 66.1 Å². The lowest BCUT2D eigenvalue weighted by atomic mass is 9.90. The first-order chi connectivity index (χ1) is 15.0. The maximum atomic E-state index is 12.1. The SMILES string of the molecule is CN1CCC(N(C)c2ncnc(N3CCC(Cc4ccccc4)CC3)c2[N+](=O)[O-])CC1. The van der Waals surface area contributed by atoms with E-state index in [9.17, 15) is 10.1 Å². The van der Waals surface area contributed by atoms with Gasteiger partial charge >= 0.3 is 5.69 Å². The van der Waals surface area contributed by atoms with E-state index in [1.54, 1.807) is 0 Å². The smallest absolute Gasteiger partial charge is 0.351 e. The third kappa shape index (κ3) is 4.95. The lowest BCUT2D eigenvalue weighted by molar-refractivity contribution is -0.383. The second-order valence-corrected chi connectivity index (χ2v) is 8.89. The van der Waals surface area contributed by atoms with Gasteiger partial charge in [-0.25, -0.2) is 9.97 Å². The van der Waals surface area contributed by atoms with Crippen LogP contribution in [0.15, 0.2) is 36.7 Å². The maximum absolute atomic E-state index is 12.1. The van der Waals surface area contributed by atoms with Crippen LogP contribution < -0.4 is 9.80 Å². The zero-order chi connectivity index (χ0) is 21.8. The highest BCUT2D eigenvalue weighted by Crippen LogP contribution is 2.37. The maximum Gasteiger partial charge on any atom is 0.353 e. The molecule has 1 aromatic carbocycles. The Balaban J connectivity index is 1.48. The van der Waals surface area contributed by atoms with Gasteiger partial charge < -0.3 is 14.7 Å². The van der Waals surface area contributed by atoms with Gasteiger partial charge in [0, 0.05) is 26.2 Å². The average molecular weight is 425 g/mol. The van der Waals surface area contributed by atoms with Crippen molar-refractivity contribution < 1.29 is 4.92 Å². The quantitative estimate of drug-likeness (QED) is 0.520. The summed E-state index contributed by atoms with van der Waals surface area (Å²) in [7, 11) is 4.05. The first kappa shape index (κ1) is 21.5. The van der Waals surface area contributed by atoms with Gasteiger partial charge in [0.05, 0.1) is 4.92 Å². The summed E-state index contributed by atoms with van der Waals surface area (Å²) in [5.74, 6) is 1.50. The first-order valence-corrected chi connectivity index (χ1v) is 11.2. The monoisotopic (exact) mass is 424 g/mol. The van der Waals surface area contributed by atoms with Crippen LogP contribution in [-0.2, 0) is 6.42 Å². The van der Waals surface area contributed by atoms with E-state index < -0.39 is 0 Å². The molecular weight excluding hydrogens is 392 g/mol. The number of anilines is 2. The molecule has 2 aromatic rings. The minimum Gasteiger partial charge on any atom is -0.351 e. The van der Waals surface area contributed by atoms with Crippen molar-refractivity contribution in [2.24, 2.45) is 5.92 Å². The number of nitrogens with zero attached hydrogens (tertiary/aromatic N) is 6. The molecule has 0 aliphatic carbocycles. The fraction of sp³-hybridized carbons (Fsp3) is 0.565. The van der Waals surface area contributed by atoms with E-state index in [1.165, 1.54) is 11.9 Å². The Morgan fingerprint density at radius 3 is 2.39 bits per heavy atom. The van der Waals surface area contributed by atoms with Crippen molar-refractivity contribution >= 4 is 17.3 Å². The molecule has 0 saturated carbocycles. The summed E-state index contributed by atoms with van der Waals surface area (Å²) < 4.78 is 0. The molecule has 31 heavy (non-hydrogen) atoms. The molecule has 166 valence electrons. The average Bonchev–Trinajstić information content (AvgIpc) is 2.80. The number of benzene rings is 1. The van der Waals surface area contributed by atoms with Crippen molar-refractivity contribution in [2.45, 2.75) is 38.1 Å². The Bertz CT molecular complexity index is 877. The highest BCUT2D eigenvalue weighted by molar-refractivity contribution is 5.71. The summed E-state index contributed by atoms with van der Waals surface area (Å²) in [4.78, 5) is 26.9. The number of hydrogen-bond donors (Lipinski definition) is 0. The number of aromatic nitrogens is 2. The van der Waals surface area contributed by atoms with Gasteiger partial charge in [-0.1, -0.05) is 30.3 Å². The van der Waals surface area contributed by atoms with Gasteiger partial charge in [0.25, 0.3) is 0 Å². The summed E-state index contributed by atoms with van der Waals surface area (Å²) in [5.41, 5.74) is 1.40. The van der Waals surface area contributed by atoms with Gasteiger partial charge in [-0.15, -0.1) is 0 Å². The molecule has 3 heterocycles. The van der Waals surface area contributed by atoms with Crippen molar-refractivity contribution in [3.05, 3.63) is 52.3 Å².